The molecule has 5 heteroatoms. The normalized spacial score (nSPS) is 20.4. The average Bonchev–Trinajstić information content (AvgIpc) is 2.29. The van der Waals surface area contributed by atoms with Crippen molar-refractivity contribution < 1.29 is 14.2 Å². The van der Waals surface area contributed by atoms with Crippen LogP contribution in [0.1, 0.15) is 12.8 Å². The number of halogens is 1. The number of methoxy groups -OCH3 is 1. The summed E-state index contributed by atoms with van der Waals surface area (Å²) in [7, 11) is 1.42. The number of β-amino-alcohol motifs (C(OH)–C–C–N with tert-alkyl or cyclic N) is 1. The molecule has 0 saturated carbocycles. The van der Waals surface area contributed by atoms with Crippen molar-refractivity contribution in [1.29, 1.82) is 0 Å². The first-order valence-corrected chi connectivity index (χ1v) is 5.68. The van der Waals surface area contributed by atoms with Gasteiger partial charge in [-0.1, -0.05) is 0 Å². The van der Waals surface area contributed by atoms with E-state index in [1.54, 1.807) is 6.07 Å². The molecule has 1 heterocycles. The Morgan fingerprint density at radius 2 is 2.29 bits per heavy atom. The predicted molar refractivity (Wildman–Crippen MR) is 64.8 cm³/mol. The van der Waals surface area contributed by atoms with Gasteiger partial charge in [-0.15, -0.1) is 0 Å². The maximum absolute atomic E-state index is 13.4. The van der Waals surface area contributed by atoms with Crippen LogP contribution >= 0.6 is 0 Å². The van der Waals surface area contributed by atoms with Gasteiger partial charge in [0.25, 0.3) is 0 Å². The lowest BCUT2D eigenvalue weighted by molar-refractivity contribution is 0.154. The minimum absolute atomic E-state index is 0.175. The maximum Gasteiger partial charge on any atom is 0.167 e. The lowest BCUT2D eigenvalue weighted by Gasteiger charge is -2.33. The number of benzene rings is 1. The van der Waals surface area contributed by atoms with E-state index < -0.39 is 5.82 Å². The minimum Gasteiger partial charge on any atom is -0.494 e. The Morgan fingerprint density at radius 1 is 1.53 bits per heavy atom. The summed E-state index contributed by atoms with van der Waals surface area (Å²) in [5.41, 5.74) is 6.90. The lowest BCUT2D eigenvalue weighted by atomic mass is 10.1. The van der Waals surface area contributed by atoms with Gasteiger partial charge in [0.1, 0.15) is 0 Å². The Morgan fingerprint density at radius 3 is 2.94 bits per heavy atom. The summed E-state index contributed by atoms with van der Waals surface area (Å²) in [5, 5.41) is 9.63. The second-order valence-corrected chi connectivity index (χ2v) is 4.29. The third-order valence-electron chi connectivity index (χ3n) is 3.04. The molecule has 94 valence electrons. The highest BCUT2D eigenvalue weighted by molar-refractivity contribution is 5.70. The molecule has 17 heavy (non-hydrogen) atoms. The van der Waals surface area contributed by atoms with E-state index in [9.17, 15) is 9.50 Å². The van der Waals surface area contributed by atoms with Gasteiger partial charge in [0.15, 0.2) is 11.6 Å². The monoisotopic (exact) mass is 240 g/mol. The SMILES string of the molecule is COc1cc(N2CCCC(O)C2)c(N)cc1F. The van der Waals surface area contributed by atoms with Gasteiger partial charge in [-0.3, -0.25) is 0 Å². The molecule has 1 aliphatic heterocycles. The van der Waals surface area contributed by atoms with Gasteiger partial charge < -0.3 is 20.5 Å². The Balaban J connectivity index is 2.30. The van der Waals surface area contributed by atoms with Crippen LogP contribution in [0, 0.1) is 5.82 Å². The number of hydrogen-bond acceptors (Lipinski definition) is 4. The zero-order chi connectivity index (χ0) is 12.4. The van der Waals surface area contributed by atoms with E-state index in [-0.39, 0.29) is 11.9 Å². The summed E-state index contributed by atoms with van der Waals surface area (Å²) in [5.74, 6) is -0.291. The number of nitrogen functional groups attached to an aromatic ring is 1. The molecule has 0 bridgehead atoms. The number of rotatable bonds is 2. The fourth-order valence-corrected chi connectivity index (χ4v) is 2.16. The van der Waals surface area contributed by atoms with E-state index in [0.29, 0.717) is 12.2 Å². The molecule has 0 spiro atoms. The van der Waals surface area contributed by atoms with E-state index >= 15 is 0 Å². The van der Waals surface area contributed by atoms with Gasteiger partial charge in [0.05, 0.1) is 24.6 Å². The molecule has 1 aliphatic rings. The molecule has 4 nitrogen and oxygen atoms in total. The smallest absolute Gasteiger partial charge is 0.167 e. The largest absolute Gasteiger partial charge is 0.494 e. The van der Waals surface area contributed by atoms with Gasteiger partial charge >= 0.3 is 0 Å². The van der Waals surface area contributed by atoms with E-state index in [0.717, 1.165) is 25.1 Å². The number of nitrogens with two attached hydrogens (primary N) is 1. The van der Waals surface area contributed by atoms with Crippen LogP contribution < -0.4 is 15.4 Å². The van der Waals surface area contributed by atoms with Crippen molar-refractivity contribution in [3.63, 3.8) is 0 Å². The first-order chi connectivity index (χ1) is 8.11. The van der Waals surface area contributed by atoms with Crippen LogP contribution in [0.5, 0.6) is 5.75 Å². The molecule has 1 saturated heterocycles. The number of aliphatic hydroxyl groups is 1. The van der Waals surface area contributed by atoms with Gasteiger partial charge in [-0.25, -0.2) is 4.39 Å². The van der Waals surface area contributed by atoms with Crippen LogP contribution in [-0.4, -0.2) is 31.4 Å². The molecule has 0 aromatic heterocycles. The second-order valence-electron chi connectivity index (χ2n) is 4.29. The highest BCUT2D eigenvalue weighted by Crippen LogP contribution is 2.32. The number of piperidine rings is 1. The zero-order valence-corrected chi connectivity index (χ0v) is 9.82. The van der Waals surface area contributed by atoms with Gasteiger partial charge in [0.2, 0.25) is 0 Å². The topological polar surface area (TPSA) is 58.7 Å². The second kappa shape index (κ2) is 4.79. The van der Waals surface area contributed by atoms with Crippen LogP contribution in [0.15, 0.2) is 12.1 Å². The van der Waals surface area contributed by atoms with Crippen molar-refractivity contribution in [3.8, 4) is 5.75 Å². The Labute approximate surface area is 99.8 Å². The molecule has 0 amide bonds. The highest BCUT2D eigenvalue weighted by atomic mass is 19.1. The Bertz CT molecular complexity index is 412. The molecular weight excluding hydrogens is 223 g/mol. The summed E-state index contributed by atoms with van der Waals surface area (Å²) < 4.78 is 18.3. The van der Waals surface area contributed by atoms with E-state index in [1.807, 2.05) is 4.90 Å². The van der Waals surface area contributed by atoms with Crippen LogP contribution in [0.3, 0.4) is 0 Å². The zero-order valence-electron chi connectivity index (χ0n) is 9.82. The van der Waals surface area contributed by atoms with Crippen LogP contribution in [0.4, 0.5) is 15.8 Å². The van der Waals surface area contributed by atoms with Crippen LogP contribution in [0.25, 0.3) is 0 Å². The summed E-state index contributed by atoms with van der Waals surface area (Å²) in [6, 6.07) is 2.85. The van der Waals surface area contributed by atoms with Crippen molar-refractivity contribution in [3.05, 3.63) is 17.9 Å². The first-order valence-electron chi connectivity index (χ1n) is 5.68. The Hall–Kier alpha value is -1.49. The molecular formula is C12H17FN2O2. The third-order valence-corrected chi connectivity index (χ3v) is 3.04. The molecule has 0 aliphatic carbocycles. The molecule has 1 aromatic carbocycles. The maximum atomic E-state index is 13.4. The number of anilines is 2. The van der Waals surface area contributed by atoms with Crippen LogP contribution in [0.2, 0.25) is 0 Å². The van der Waals surface area contributed by atoms with E-state index in [2.05, 4.69) is 0 Å². The molecule has 1 atom stereocenters. The fourth-order valence-electron chi connectivity index (χ4n) is 2.16. The molecule has 2 rings (SSSR count). The van der Waals surface area contributed by atoms with Crippen molar-refractivity contribution in [2.24, 2.45) is 0 Å². The van der Waals surface area contributed by atoms with E-state index in [1.165, 1.54) is 13.2 Å². The molecule has 1 fully saturated rings. The van der Waals surface area contributed by atoms with Gasteiger partial charge in [0, 0.05) is 25.2 Å². The molecule has 3 N–H and O–H groups in total. The van der Waals surface area contributed by atoms with Gasteiger partial charge in [-0.2, -0.15) is 0 Å². The first kappa shape index (κ1) is 12.0. The lowest BCUT2D eigenvalue weighted by Crippen LogP contribution is -2.38. The number of ether oxygens (including phenoxy) is 1. The standard InChI is InChI=1S/C12H17FN2O2/c1-17-12-6-11(10(14)5-9(12)13)15-4-2-3-8(16)7-15/h5-6,8,16H,2-4,7,14H2,1H3. The van der Waals surface area contributed by atoms with Crippen molar-refractivity contribution in [1.82, 2.24) is 0 Å². The Kier molecular flexibility index (Phi) is 3.38. The number of nitrogens with zero attached hydrogens (tertiary/aromatic N) is 1. The van der Waals surface area contributed by atoms with Crippen LogP contribution in [-0.2, 0) is 0 Å². The summed E-state index contributed by atoms with van der Waals surface area (Å²) in [6.07, 6.45) is 1.36. The molecule has 1 unspecified atom stereocenters. The number of hydrogen-bond donors (Lipinski definition) is 2. The summed E-state index contributed by atoms with van der Waals surface area (Å²) in [4.78, 5) is 1.96. The molecule has 0 radical (unpaired) electrons. The van der Waals surface area contributed by atoms with Gasteiger partial charge in [-0.05, 0) is 12.8 Å². The van der Waals surface area contributed by atoms with Crippen molar-refractivity contribution in [2.45, 2.75) is 18.9 Å². The summed E-state index contributed by atoms with van der Waals surface area (Å²) in [6.45, 7) is 1.34. The number of aliphatic hydroxyl groups excluding tert-OH is 1. The highest BCUT2D eigenvalue weighted by Gasteiger charge is 2.21. The minimum atomic E-state index is -0.466. The fraction of sp³-hybridized carbons (Fsp3) is 0.500. The molecule has 1 aromatic rings. The average molecular weight is 240 g/mol. The van der Waals surface area contributed by atoms with Crippen molar-refractivity contribution >= 4 is 11.4 Å². The van der Waals surface area contributed by atoms with Crippen molar-refractivity contribution in [2.75, 3.05) is 30.8 Å². The summed E-state index contributed by atoms with van der Waals surface area (Å²) >= 11 is 0. The quantitative estimate of drug-likeness (QED) is 0.767. The predicted octanol–water partition coefficient (Wildman–Crippen LogP) is 1.38. The third kappa shape index (κ3) is 2.44. The van der Waals surface area contributed by atoms with E-state index in [4.69, 9.17) is 10.5 Å².